The van der Waals surface area contributed by atoms with E-state index in [1.54, 1.807) is 31.5 Å². The summed E-state index contributed by atoms with van der Waals surface area (Å²) in [5.74, 6) is 1.33. The van der Waals surface area contributed by atoms with E-state index in [9.17, 15) is 4.79 Å². The van der Waals surface area contributed by atoms with Gasteiger partial charge in [-0.1, -0.05) is 33.1 Å². The largest absolute Gasteiger partial charge is 0.490 e. The number of carbonyl (C=O) groups excluding carboxylic acids is 1. The molecule has 2 aromatic rings. The van der Waals surface area contributed by atoms with Gasteiger partial charge in [0, 0.05) is 12.2 Å². The summed E-state index contributed by atoms with van der Waals surface area (Å²) in [6.45, 7) is 7.17. The fraction of sp³-hybridized carbons (Fsp3) is 0.500. The summed E-state index contributed by atoms with van der Waals surface area (Å²) in [6.07, 6.45) is 8.07. The van der Waals surface area contributed by atoms with E-state index in [1.807, 2.05) is 12.1 Å². The van der Waals surface area contributed by atoms with E-state index in [2.05, 4.69) is 23.8 Å². The molecule has 1 aromatic carbocycles. The zero-order valence-corrected chi connectivity index (χ0v) is 17.0. The maximum Gasteiger partial charge on any atom is 0.340 e. The molecule has 0 bridgehead atoms. The standard InChI is InChI=1S/C22H30N2O4/c1-4-6-8-14-27-20-15-23-21(24-16-20)18-9-11-19(12-10-18)28-22(25)17(3)26-13-7-5-2/h9-12,15-17H,4-8,13-14H2,1-3H3. The molecule has 0 fully saturated rings. The van der Waals surface area contributed by atoms with Crippen LogP contribution >= 0.6 is 0 Å². The average Bonchev–Trinajstić information content (AvgIpc) is 2.72. The molecule has 152 valence electrons. The van der Waals surface area contributed by atoms with Crippen LogP contribution in [0, 0.1) is 0 Å². The van der Waals surface area contributed by atoms with Crippen molar-refractivity contribution in [3.05, 3.63) is 36.7 Å². The van der Waals surface area contributed by atoms with Crippen molar-refractivity contribution in [2.45, 2.75) is 59.0 Å². The van der Waals surface area contributed by atoms with Crippen molar-refractivity contribution in [3.63, 3.8) is 0 Å². The first kappa shape index (κ1) is 21.8. The SMILES string of the molecule is CCCCCOc1cnc(-c2ccc(OC(=O)C(C)OCCCC)cc2)nc1. The minimum Gasteiger partial charge on any atom is -0.490 e. The average molecular weight is 386 g/mol. The summed E-state index contributed by atoms with van der Waals surface area (Å²) in [5, 5.41) is 0. The molecule has 0 spiro atoms. The molecule has 0 amide bonds. The van der Waals surface area contributed by atoms with Crippen LogP contribution in [-0.2, 0) is 9.53 Å². The predicted molar refractivity (Wildman–Crippen MR) is 108 cm³/mol. The minimum absolute atomic E-state index is 0.398. The molecule has 0 radical (unpaired) electrons. The summed E-state index contributed by atoms with van der Waals surface area (Å²) in [5.41, 5.74) is 0.838. The monoisotopic (exact) mass is 386 g/mol. The molecule has 1 heterocycles. The Hall–Kier alpha value is -2.47. The van der Waals surface area contributed by atoms with Gasteiger partial charge in [-0.15, -0.1) is 0 Å². The van der Waals surface area contributed by atoms with Crippen molar-refractivity contribution in [2.75, 3.05) is 13.2 Å². The van der Waals surface area contributed by atoms with E-state index in [-0.39, 0.29) is 0 Å². The van der Waals surface area contributed by atoms with Crippen LogP contribution in [0.4, 0.5) is 0 Å². The van der Waals surface area contributed by atoms with Crippen molar-refractivity contribution in [1.29, 1.82) is 0 Å². The molecule has 0 saturated heterocycles. The Morgan fingerprint density at radius 3 is 2.25 bits per heavy atom. The number of ether oxygens (including phenoxy) is 3. The molecule has 1 aromatic heterocycles. The Morgan fingerprint density at radius 2 is 1.61 bits per heavy atom. The zero-order chi connectivity index (χ0) is 20.2. The van der Waals surface area contributed by atoms with Gasteiger partial charge in [0.05, 0.1) is 19.0 Å². The van der Waals surface area contributed by atoms with E-state index in [4.69, 9.17) is 14.2 Å². The van der Waals surface area contributed by atoms with Gasteiger partial charge < -0.3 is 14.2 Å². The highest BCUT2D eigenvalue weighted by molar-refractivity contribution is 5.77. The summed E-state index contributed by atoms with van der Waals surface area (Å²) in [6, 6.07) is 7.10. The van der Waals surface area contributed by atoms with Crippen LogP contribution in [0.25, 0.3) is 11.4 Å². The second kappa shape index (κ2) is 12.1. The summed E-state index contributed by atoms with van der Waals surface area (Å²) >= 11 is 0. The first-order chi connectivity index (χ1) is 13.6. The van der Waals surface area contributed by atoms with E-state index in [1.165, 1.54) is 0 Å². The van der Waals surface area contributed by atoms with Crippen LogP contribution in [-0.4, -0.2) is 35.3 Å². The lowest BCUT2D eigenvalue weighted by Gasteiger charge is -2.12. The van der Waals surface area contributed by atoms with Crippen molar-refractivity contribution in [3.8, 4) is 22.9 Å². The number of hydrogen-bond donors (Lipinski definition) is 0. The highest BCUT2D eigenvalue weighted by atomic mass is 16.6. The molecule has 1 unspecified atom stereocenters. The van der Waals surface area contributed by atoms with E-state index < -0.39 is 12.1 Å². The van der Waals surface area contributed by atoms with Crippen LogP contribution in [0.1, 0.15) is 52.9 Å². The molecule has 0 aliphatic carbocycles. The number of hydrogen-bond acceptors (Lipinski definition) is 6. The van der Waals surface area contributed by atoms with E-state index in [0.717, 1.165) is 37.7 Å². The minimum atomic E-state index is -0.584. The summed E-state index contributed by atoms with van der Waals surface area (Å²) in [7, 11) is 0. The van der Waals surface area contributed by atoms with E-state index >= 15 is 0 Å². The summed E-state index contributed by atoms with van der Waals surface area (Å²) in [4.78, 5) is 20.7. The lowest BCUT2D eigenvalue weighted by molar-refractivity contribution is -0.146. The highest BCUT2D eigenvalue weighted by Gasteiger charge is 2.15. The second-order valence-electron chi connectivity index (χ2n) is 6.61. The van der Waals surface area contributed by atoms with Gasteiger partial charge in [0.15, 0.2) is 17.7 Å². The molecule has 28 heavy (non-hydrogen) atoms. The fourth-order valence-electron chi connectivity index (χ4n) is 2.43. The second-order valence-corrected chi connectivity index (χ2v) is 6.61. The quantitative estimate of drug-likeness (QED) is 0.296. The normalized spacial score (nSPS) is 11.8. The predicted octanol–water partition coefficient (Wildman–Crippen LogP) is 4.82. The number of rotatable bonds is 12. The Kier molecular flexibility index (Phi) is 9.42. The fourth-order valence-corrected chi connectivity index (χ4v) is 2.43. The Labute approximate surface area is 167 Å². The van der Waals surface area contributed by atoms with Gasteiger partial charge in [0.2, 0.25) is 0 Å². The van der Waals surface area contributed by atoms with Gasteiger partial charge in [-0.05, 0) is 44.0 Å². The topological polar surface area (TPSA) is 70.5 Å². The van der Waals surface area contributed by atoms with E-state index in [0.29, 0.717) is 30.5 Å². The van der Waals surface area contributed by atoms with Crippen LogP contribution < -0.4 is 9.47 Å². The Balaban J connectivity index is 1.87. The van der Waals surface area contributed by atoms with Crippen molar-refractivity contribution < 1.29 is 19.0 Å². The number of unbranched alkanes of at least 4 members (excludes halogenated alkanes) is 3. The molecular formula is C22H30N2O4. The number of carbonyl (C=O) groups is 1. The number of esters is 1. The third kappa shape index (κ3) is 7.27. The van der Waals surface area contributed by atoms with Crippen LogP contribution in [0.2, 0.25) is 0 Å². The van der Waals surface area contributed by atoms with Crippen LogP contribution in [0.3, 0.4) is 0 Å². The smallest absolute Gasteiger partial charge is 0.340 e. The lowest BCUT2D eigenvalue weighted by Crippen LogP contribution is -2.26. The number of aromatic nitrogens is 2. The molecule has 0 N–H and O–H groups in total. The number of benzene rings is 1. The molecular weight excluding hydrogens is 356 g/mol. The molecule has 1 atom stereocenters. The Bertz CT molecular complexity index is 701. The van der Waals surface area contributed by atoms with Gasteiger partial charge >= 0.3 is 5.97 Å². The number of nitrogens with zero attached hydrogens (tertiary/aromatic N) is 2. The van der Waals surface area contributed by atoms with Crippen LogP contribution in [0.5, 0.6) is 11.5 Å². The first-order valence-corrected chi connectivity index (χ1v) is 10.0. The lowest BCUT2D eigenvalue weighted by atomic mass is 10.2. The van der Waals surface area contributed by atoms with Crippen LogP contribution in [0.15, 0.2) is 36.7 Å². The van der Waals surface area contributed by atoms with Gasteiger partial charge in [-0.3, -0.25) is 0 Å². The molecule has 6 nitrogen and oxygen atoms in total. The zero-order valence-electron chi connectivity index (χ0n) is 17.0. The third-order valence-electron chi connectivity index (χ3n) is 4.17. The maximum atomic E-state index is 12.0. The van der Waals surface area contributed by atoms with Gasteiger partial charge in [-0.25, -0.2) is 14.8 Å². The molecule has 0 aliphatic heterocycles. The Morgan fingerprint density at radius 1 is 0.929 bits per heavy atom. The molecule has 0 aliphatic rings. The van der Waals surface area contributed by atoms with Gasteiger partial charge in [0.1, 0.15) is 5.75 Å². The van der Waals surface area contributed by atoms with Crippen molar-refractivity contribution >= 4 is 5.97 Å². The highest BCUT2D eigenvalue weighted by Crippen LogP contribution is 2.21. The van der Waals surface area contributed by atoms with Crippen molar-refractivity contribution in [2.24, 2.45) is 0 Å². The van der Waals surface area contributed by atoms with Gasteiger partial charge in [0.25, 0.3) is 0 Å². The first-order valence-electron chi connectivity index (χ1n) is 10.0. The molecule has 0 saturated carbocycles. The molecule has 2 rings (SSSR count). The van der Waals surface area contributed by atoms with Crippen molar-refractivity contribution in [1.82, 2.24) is 9.97 Å². The third-order valence-corrected chi connectivity index (χ3v) is 4.17. The van der Waals surface area contributed by atoms with Gasteiger partial charge in [-0.2, -0.15) is 0 Å². The maximum absolute atomic E-state index is 12.0. The summed E-state index contributed by atoms with van der Waals surface area (Å²) < 4.78 is 16.4. The molecule has 6 heteroatoms.